The molecule has 0 aromatic heterocycles. The summed E-state index contributed by atoms with van der Waals surface area (Å²) in [6.07, 6.45) is 2.86. The lowest BCUT2D eigenvalue weighted by atomic mass is 10.1. The van der Waals surface area contributed by atoms with E-state index in [1.165, 1.54) is 0 Å². The molecule has 0 aliphatic heterocycles. The van der Waals surface area contributed by atoms with Gasteiger partial charge in [-0.3, -0.25) is 4.79 Å². The van der Waals surface area contributed by atoms with E-state index >= 15 is 0 Å². The van der Waals surface area contributed by atoms with Crippen molar-refractivity contribution in [2.75, 3.05) is 0 Å². The Hall–Kier alpha value is -0.863. The van der Waals surface area contributed by atoms with Crippen LogP contribution < -0.4 is 0 Å². The van der Waals surface area contributed by atoms with Gasteiger partial charge in [-0.25, -0.2) is 0 Å². The lowest BCUT2D eigenvalue weighted by molar-refractivity contribution is 0.112. The summed E-state index contributed by atoms with van der Waals surface area (Å²) >= 11 is 5.90. The number of rotatable bonds is 3. The van der Waals surface area contributed by atoms with Crippen LogP contribution in [0.2, 0.25) is 24.7 Å². The van der Waals surface area contributed by atoms with E-state index in [4.69, 9.17) is 11.6 Å². The van der Waals surface area contributed by atoms with Gasteiger partial charge in [0.1, 0.15) is 6.29 Å². The topological polar surface area (TPSA) is 17.1 Å². The first-order valence-corrected chi connectivity index (χ1v) is 8.81. The van der Waals surface area contributed by atoms with Crippen LogP contribution in [-0.4, -0.2) is 14.4 Å². The van der Waals surface area contributed by atoms with Crippen LogP contribution >= 0.6 is 11.6 Å². The Bertz CT molecular complexity index is 391. The van der Waals surface area contributed by atoms with Gasteiger partial charge in [-0.2, -0.15) is 0 Å². The molecule has 1 aromatic rings. The highest BCUT2D eigenvalue weighted by Gasteiger charge is 2.06. The molecule has 1 nitrogen and oxygen atoms in total. The molecule has 0 heterocycles. The van der Waals surface area contributed by atoms with Crippen molar-refractivity contribution >= 4 is 32.0 Å². The maximum absolute atomic E-state index is 10.6. The first-order chi connectivity index (χ1) is 6.90. The van der Waals surface area contributed by atoms with Crippen molar-refractivity contribution in [2.45, 2.75) is 19.6 Å². The lowest BCUT2D eigenvalue weighted by Gasteiger charge is -2.08. The normalized spacial score (nSPS) is 12.0. The minimum absolute atomic E-state index is 0.606. The highest BCUT2D eigenvalue weighted by Crippen LogP contribution is 2.16. The maximum atomic E-state index is 10.6. The van der Waals surface area contributed by atoms with Gasteiger partial charge < -0.3 is 0 Å². The Labute approximate surface area is 96.8 Å². The summed E-state index contributed by atoms with van der Waals surface area (Å²) in [5.74, 6) is 0. The van der Waals surface area contributed by atoms with Gasteiger partial charge >= 0.3 is 0 Å². The van der Waals surface area contributed by atoms with Gasteiger partial charge in [0.15, 0.2) is 0 Å². The molecule has 0 unspecified atom stereocenters. The molecule has 0 aliphatic rings. The second-order valence-corrected chi connectivity index (χ2v) is 10.1. The summed E-state index contributed by atoms with van der Waals surface area (Å²) in [5, 5.41) is 0.606. The summed E-state index contributed by atoms with van der Waals surface area (Å²) in [4.78, 5) is 10.6. The molecule has 1 rings (SSSR count). The van der Waals surface area contributed by atoms with E-state index in [9.17, 15) is 4.79 Å². The predicted octanol–water partition coefficient (Wildman–Crippen LogP) is 4.04. The van der Waals surface area contributed by atoms with Crippen LogP contribution in [0.5, 0.6) is 0 Å². The van der Waals surface area contributed by atoms with E-state index in [0.29, 0.717) is 10.6 Å². The fourth-order valence-electron chi connectivity index (χ4n) is 1.15. The van der Waals surface area contributed by atoms with Crippen molar-refractivity contribution < 1.29 is 4.79 Å². The van der Waals surface area contributed by atoms with E-state index in [1.807, 2.05) is 18.2 Å². The smallest absolute Gasteiger partial charge is 0.150 e. The second kappa shape index (κ2) is 4.77. The van der Waals surface area contributed by atoms with Gasteiger partial charge in [-0.15, -0.1) is 0 Å². The molecular weight excluding hydrogens is 224 g/mol. The molecule has 0 N–H and O–H groups in total. The fraction of sp³-hybridized carbons (Fsp3) is 0.250. The Balaban J connectivity index is 3.00. The van der Waals surface area contributed by atoms with E-state index in [-0.39, 0.29) is 0 Å². The zero-order chi connectivity index (χ0) is 11.5. The van der Waals surface area contributed by atoms with Crippen molar-refractivity contribution in [2.24, 2.45) is 0 Å². The first kappa shape index (κ1) is 12.2. The highest BCUT2D eigenvalue weighted by molar-refractivity contribution is 6.81. The van der Waals surface area contributed by atoms with Crippen molar-refractivity contribution in [3.63, 3.8) is 0 Å². The first-order valence-electron chi connectivity index (χ1n) is 4.86. The minimum atomic E-state index is -1.20. The molecule has 3 heteroatoms. The van der Waals surface area contributed by atoms with E-state index in [0.717, 1.165) is 11.8 Å². The van der Waals surface area contributed by atoms with Crippen molar-refractivity contribution in [1.29, 1.82) is 0 Å². The summed E-state index contributed by atoms with van der Waals surface area (Å²) in [6.45, 7) is 6.78. The van der Waals surface area contributed by atoms with Gasteiger partial charge in [0.05, 0.1) is 8.07 Å². The quantitative estimate of drug-likeness (QED) is 0.574. The molecule has 0 fully saturated rings. The van der Waals surface area contributed by atoms with Crippen LogP contribution in [0.15, 0.2) is 23.9 Å². The number of aldehydes is 1. The zero-order valence-corrected chi connectivity index (χ0v) is 11.0. The van der Waals surface area contributed by atoms with Gasteiger partial charge in [-0.05, 0) is 23.8 Å². The standard InChI is InChI=1S/C12H15ClOSi/c1-15(2,3)5-4-10-6-11(9-14)8-12(13)7-10/h4-9H,1-3H3. The summed E-state index contributed by atoms with van der Waals surface area (Å²) in [5.41, 5.74) is 3.84. The molecule has 0 saturated heterocycles. The second-order valence-electron chi connectivity index (χ2n) is 4.64. The van der Waals surface area contributed by atoms with Crippen LogP contribution in [-0.2, 0) is 0 Å². The van der Waals surface area contributed by atoms with Gasteiger partial charge in [0, 0.05) is 10.6 Å². The molecule has 0 amide bonds. The third kappa shape index (κ3) is 4.45. The van der Waals surface area contributed by atoms with Crippen molar-refractivity contribution in [3.05, 3.63) is 40.0 Å². The Kier molecular flexibility index (Phi) is 3.88. The molecule has 0 saturated carbocycles. The number of hydrogen-bond donors (Lipinski definition) is 0. The van der Waals surface area contributed by atoms with E-state index in [1.54, 1.807) is 6.07 Å². The number of carbonyl (C=O) groups is 1. The third-order valence-electron chi connectivity index (χ3n) is 1.85. The molecule has 0 bridgehead atoms. The molecule has 0 aliphatic carbocycles. The highest BCUT2D eigenvalue weighted by atomic mass is 35.5. The van der Waals surface area contributed by atoms with Crippen molar-refractivity contribution in [3.8, 4) is 0 Å². The largest absolute Gasteiger partial charge is 0.298 e. The average molecular weight is 239 g/mol. The summed E-state index contributed by atoms with van der Waals surface area (Å²) < 4.78 is 0. The van der Waals surface area contributed by atoms with Crippen LogP contribution in [0.25, 0.3) is 6.08 Å². The number of halogens is 1. The molecule has 0 radical (unpaired) electrons. The van der Waals surface area contributed by atoms with Crippen LogP contribution in [0.4, 0.5) is 0 Å². The fourth-order valence-corrected chi connectivity index (χ4v) is 2.09. The van der Waals surface area contributed by atoms with Gasteiger partial charge in [0.2, 0.25) is 0 Å². The Morgan fingerprint density at radius 2 is 1.73 bits per heavy atom. The number of carbonyl (C=O) groups excluding carboxylic acids is 1. The third-order valence-corrected chi connectivity index (χ3v) is 3.24. The number of hydrogen-bond acceptors (Lipinski definition) is 1. The lowest BCUT2D eigenvalue weighted by Crippen LogP contribution is -2.15. The summed E-state index contributed by atoms with van der Waals surface area (Å²) in [6, 6.07) is 5.38. The Morgan fingerprint density at radius 3 is 2.27 bits per heavy atom. The maximum Gasteiger partial charge on any atom is 0.150 e. The van der Waals surface area contributed by atoms with Crippen LogP contribution in [0, 0.1) is 0 Å². The van der Waals surface area contributed by atoms with Crippen LogP contribution in [0.1, 0.15) is 15.9 Å². The summed E-state index contributed by atoms with van der Waals surface area (Å²) in [7, 11) is -1.20. The molecule has 15 heavy (non-hydrogen) atoms. The van der Waals surface area contributed by atoms with Gasteiger partial charge in [-0.1, -0.05) is 43.0 Å². The molecule has 0 spiro atoms. The molecule has 0 atom stereocenters. The SMILES string of the molecule is C[Si](C)(C)C=Cc1cc(Cl)cc(C=O)c1. The monoisotopic (exact) mass is 238 g/mol. The van der Waals surface area contributed by atoms with E-state index in [2.05, 4.69) is 25.3 Å². The van der Waals surface area contributed by atoms with Crippen molar-refractivity contribution in [1.82, 2.24) is 0 Å². The predicted molar refractivity (Wildman–Crippen MR) is 69.2 cm³/mol. The molecular formula is C12H15ClOSi. The Morgan fingerprint density at radius 1 is 1.13 bits per heavy atom. The number of benzene rings is 1. The van der Waals surface area contributed by atoms with E-state index < -0.39 is 8.07 Å². The molecule has 1 aromatic carbocycles. The van der Waals surface area contributed by atoms with Crippen LogP contribution in [0.3, 0.4) is 0 Å². The minimum Gasteiger partial charge on any atom is -0.298 e. The average Bonchev–Trinajstić information content (AvgIpc) is 2.13. The zero-order valence-electron chi connectivity index (χ0n) is 9.25. The molecule has 80 valence electrons. The van der Waals surface area contributed by atoms with Gasteiger partial charge in [0.25, 0.3) is 0 Å².